The van der Waals surface area contributed by atoms with E-state index in [-0.39, 0.29) is 5.91 Å². The van der Waals surface area contributed by atoms with Crippen molar-refractivity contribution in [3.05, 3.63) is 77.1 Å². The Hall–Kier alpha value is -2.73. The van der Waals surface area contributed by atoms with Crippen LogP contribution in [0.3, 0.4) is 0 Å². The summed E-state index contributed by atoms with van der Waals surface area (Å²) in [5.74, 6) is 1.20. The van der Waals surface area contributed by atoms with E-state index in [9.17, 15) is 4.79 Å². The van der Waals surface area contributed by atoms with Gasteiger partial charge >= 0.3 is 0 Å². The molecule has 3 aromatic rings. The number of aryl methyl sites for hydroxylation is 2. The van der Waals surface area contributed by atoms with Crippen LogP contribution in [0.4, 0.5) is 0 Å². The van der Waals surface area contributed by atoms with Crippen LogP contribution in [0.2, 0.25) is 0 Å². The van der Waals surface area contributed by atoms with E-state index < -0.39 is 0 Å². The van der Waals surface area contributed by atoms with Crippen molar-refractivity contribution >= 4 is 17.7 Å². The number of nitrogens with zero attached hydrogens (tertiary/aromatic N) is 1. The number of rotatable bonds is 8. The van der Waals surface area contributed by atoms with Crippen molar-refractivity contribution in [1.82, 2.24) is 15.5 Å². The number of thioether (sulfide) groups is 1. The van der Waals surface area contributed by atoms with Crippen molar-refractivity contribution in [3.63, 3.8) is 0 Å². The van der Waals surface area contributed by atoms with E-state index >= 15 is 0 Å². The molecule has 0 unspecified atom stereocenters. The van der Waals surface area contributed by atoms with Gasteiger partial charge in [-0.15, -0.1) is 11.8 Å². The normalized spacial score (nSPS) is 10.6. The molecule has 0 spiro atoms. The lowest BCUT2D eigenvalue weighted by atomic mass is 10.1. The van der Waals surface area contributed by atoms with Gasteiger partial charge in [-0.2, -0.15) is 5.10 Å². The lowest BCUT2D eigenvalue weighted by Crippen LogP contribution is -2.25. The minimum atomic E-state index is -0.00113. The summed E-state index contributed by atoms with van der Waals surface area (Å²) in [6, 6.07) is 17.7. The largest absolute Gasteiger partial charge is 0.489 e. The average molecular weight is 382 g/mol. The zero-order valence-electron chi connectivity index (χ0n) is 15.5. The highest BCUT2D eigenvalue weighted by molar-refractivity contribution is 8.00. The summed E-state index contributed by atoms with van der Waals surface area (Å²) in [5, 5.41) is 10.1. The summed E-state index contributed by atoms with van der Waals surface area (Å²) in [7, 11) is 0. The minimum Gasteiger partial charge on any atom is -0.489 e. The topological polar surface area (TPSA) is 67.0 Å². The molecular formula is C21H23N3O2S. The van der Waals surface area contributed by atoms with Crippen molar-refractivity contribution < 1.29 is 9.53 Å². The smallest absolute Gasteiger partial charge is 0.230 e. The van der Waals surface area contributed by atoms with Gasteiger partial charge in [-0.25, -0.2) is 0 Å². The number of amides is 1. The molecule has 0 saturated heterocycles. The first-order valence-electron chi connectivity index (χ1n) is 8.79. The molecule has 1 amide bonds. The fourth-order valence-corrected chi connectivity index (χ4v) is 3.58. The highest BCUT2D eigenvalue weighted by Crippen LogP contribution is 2.23. The highest BCUT2D eigenvalue weighted by atomic mass is 32.2. The van der Waals surface area contributed by atoms with E-state index in [1.54, 1.807) is 0 Å². The van der Waals surface area contributed by atoms with Gasteiger partial charge in [0.15, 0.2) is 0 Å². The predicted octanol–water partition coefficient (Wildman–Crippen LogP) is 4.01. The number of H-pyrrole nitrogens is 1. The number of hydrogen-bond acceptors (Lipinski definition) is 4. The van der Waals surface area contributed by atoms with Gasteiger partial charge in [-0.3, -0.25) is 9.89 Å². The SMILES string of the molecule is Cc1n[nH]c(C)c1SCC(=O)NCc1ccccc1COc1ccccc1. The number of ether oxygens (including phenoxy) is 1. The molecule has 2 aromatic carbocycles. The molecule has 0 fully saturated rings. The lowest BCUT2D eigenvalue weighted by Gasteiger charge is -2.12. The second-order valence-electron chi connectivity index (χ2n) is 6.20. The van der Waals surface area contributed by atoms with Gasteiger partial charge in [0.1, 0.15) is 12.4 Å². The Morgan fingerprint density at radius 1 is 1.07 bits per heavy atom. The first-order valence-corrected chi connectivity index (χ1v) is 9.77. The third-order valence-electron chi connectivity index (χ3n) is 4.14. The lowest BCUT2D eigenvalue weighted by molar-refractivity contribution is -0.118. The molecule has 3 rings (SSSR count). The first kappa shape index (κ1) is 19.0. The molecule has 27 heavy (non-hydrogen) atoms. The molecule has 1 aromatic heterocycles. The van der Waals surface area contributed by atoms with Crippen molar-refractivity contribution in [2.45, 2.75) is 31.9 Å². The van der Waals surface area contributed by atoms with E-state index in [1.165, 1.54) is 11.8 Å². The maximum atomic E-state index is 12.2. The molecule has 140 valence electrons. The van der Waals surface area contributed by atoms with Crippen LogP contribution in [0.1, 0.15) is 22.5 Å². The Morgan fingerprint density at radius 2 is 1.78 bits per heavy atom. The van der Waals surface area contributed by atoms with Crippen LogP contribution in [0.25, 0.3) is 0 Å². The maximum Gasteiger partial charge on any atom is 0.230 e. The zero-order chi connectivity index (χ0) is 19.1. The maximum absolute atomic E-state index is 12.2. The predicted molar refractivity (Wildman–Crippen MR) is 108 cm³/mol. The Morgan fingerprint density at radius 3 is 2.48 bits per heavy atom. The summed E-state index contributed by atoms with van der Waals surface area (Å²) in [6.07, 6.45) is 0. The van der Waals surface area contributed by atoms with Gasteiger partial charge in [0.05, 0.1) is 16.3 Å². The van der Waals surface area contributed by atoms with Crippen LogP contribution in [-0.2, 0) is 17.9 Å². The number of aromatic amines is 1. The second-order valence-corrected chi connectivity index (χ2v) is 7.18. The third kappa shape index (κ3) is 5.37. The second kappa shape index (κ2) is 9.28. The molecule has 0 aliphatic carbocycles. The summed E-state index contributed by atoms with van der Waals surface area (Å²) in [6.45, 7) is 4.85. The van der Waals surface area contributed by atoms with Crippen molar-refractivity contribution in [1.29, 1.82) is 0 Å². The van der Waals surface area contributed by atoms with E-state index in [1.807, 2.05) is 68.4 Å². The Kier molecular flexibility index (Phi) is 6.54. The Bertz CT molecular complexity index is 874. The van der Waals surface area contributed by atoms with E-state index in [0.29, 0.717) is 18.9 Å². The van der Waals surface area contributed by atoms with E-state index in [0.717, 1.165) is 33.2 Å². The van der Waals surface area contributed by atoms with E-state index in [2.05, 4.69) is 15.5 Å². The van der Waals surface area contributed by atoms with Gasteiger partial charge in [-0.05, 0) is 37.1 Å². The van der Waals surface area contributed by atoms with Gasteiger partial charge in [0.25, 0.3) is 0 Å². The number of aromatic nitrogens is 2. The Labute approximate surface area is 163 Å². The number of carbonyl (C=O) groups is 1. The molecule has 0 bridgehead atoms. The van der Waals surface area contributed by atoms with Crippen LogP contribution < -0.4 is 10.1 Å². The first-order chi connectivity index (χ1) is 13.1. The zero-order valence-corrected chi connectivity index (χ0v) is 16.3. The van der Waals surface area contributed by atoms with Crippen LogP contribution in [0.15, 0.2) is 59.5 Å². The van der Waals surface area contributed by atoms with E-state index in [4.69, 9.17) is 4.74 Å². The fraction of sp³-hybridized carbons (Fsp3) is 0.238. The Balaban J connectivity index is 1.52. The van der Waals surface area contributed by atoms with Crippen LogP contribution in [0, 0.1) is 13.8 Å². The minimum absolute atomic E-state index is 0.00113. The molecule has 5 nitrogen and oxygen atoms in total. The van der Waals surface area contributed by atoms with Crippen molar-refractivity contribution in [2.24, 2.45) is 0 Å². The number of hydrogen-bond donors (Lipinski definition) is 2. The molecular weight excluding hydrogens is 358 g/mol. The van der Waals surface area contributed by atoms with Crippen LogP contribution in [0.5, 0.6) is 5.75 Å². The molecule has 0 radical (unpaired) electrons. The summed E-state index contributed by atoms with van der Waals surface area (Å²) in [4.78, 5) is 13.3. The highest BCUT2D eigenvalue weighted by Gasteiger charge is 2.10. The molecule has 2 N–H and O–H groups in total. The van der Waals surface area contributed by atoms with Gasteiger partial charge in [0, 0.05) is 12.2 Å². The molecule has 6 heteroatoms. The molecule has 0 aliphatic heterocycles. The number of nitrogens with one attached hydrogen (secondary N) is 2. The van der Waals surface area contributed by atoms with Gasteiger partial charge in [0.2, 0.25) is 5.91 Å². The quantitative estimate of drug-likeness (QED) is 0.579. The number of benzene rings is 2. The summed E-state index contributed by atoms with van der Waals surface area (Å²) < 4.78 is 5.84. The number of para-hydroxylation sites is 1. The molecule has 0 aliphatic rings. The third-order valence-corrected chi connectivity index (χ3v) is 5.44. The summed E-state index contributed by atoms with van der Waals surface area (Å²) in [5.41, 5.74) is 4.04. The standard InChI is InChI=1S/C21H23N3O2S/c1-15-21(16(2)24-23-15)27-14-20(25)22-12-17-8-6-7-9-18(17)13-26-19-10-4-3-5-11-19/h3-11H,12-14H2,1-2H3,(H,22,25)(H,23,24). The van der Waals surface area contributed by atoms with Crippen LogP contribution in [-0.4, -0.2) is 21.9 Å². The molecule has 0 atom stereocenters. The summed E-state index contributed by atoms with van der Waals surface area (Å²) >= 11 is 1.50. The average Bonchev–Trinajstić information content (AvgIpc) is 3.02. The van der Waals surface area contributed by atoms with Crippen LogP contribution >= 0.6 is 11.8 Å². The number of carbonyl (C=O) groups excluding carboxylic acids is 1. The van der Waals surface area contributed by atoms with Crippen molar-refractivity contribution in [2.75, 3.05) is 5.75 Å². The molecule has 0 saturated carbocycles. The fourth-order valence-electron chi connectivity index (χ4n) is 2.68. The van der Waals surface area contributed by atoms with Crippen molar-refractivity contribution in [3.8, 4) is 5.75 Å². The van der Waals surface area contributed by atoms with Gasteiger partial charge in [-0.1, -0.05) is 42.5 Å². The molecule has 1 heterocycles. The van der Waals surface area contributed by atoms with Gasteiger partial charge < -0.3 is 10.1 Å². The monoisotopic (exact) mass is 381 g/mol.